The quantitative estimate of drug-likeness (QED) is 0.747. The molecule has 0 amide bonds. The number of hydrogen-bond donors (Lipinski definition) is 1. The van der Waals surface area contributed by atoms with E-state index in [0.29, 0.717) is 17.4 Å². The normalized spacial score (nSPS) is 10.6. The fraction of sp³-hybridized carbons (Fsp3) is 0.0714. The Bertz CT molecular complexity index is 743. The molecule has 0 saturated heterocycles. The zero-order valence-electron chi connectivity index (χ0n) is 10.9. The second kappa shape index (κ2) is 6.11. The van der Waals surface area contributed by atoms with Crippen LogP contribution in [0.2, 0.25) is 10.3 Å². The molecule has 0 aliphatic rings. The third kappa shape index (κ3) is 3.15. The Balaban J connectivity index is 1.84. The van der Waals surface area contributed by atoms with Crippen LogP contribution in [0.3, 0.4) is 0 Å². The molecular formula is C14H11Cl2N5. The van der Waals surface area contributed by atoms with E-state index < -0.39 is 0 Å². The van der Waals surface area contributed by atoms with E-state index in [1.807, 2.05) is 41.2 Å². The van der Waals surface area contributed by atoms with E-state index in [4.69, 9.17) is 23.2 Å². The molecule has 0 unspecified atom stereocenters. The van der Waals surface area contributed by atoms with Gasteiger partial charge >= 0.3 is 0 Å². The molecule has 0 saturated carbocycles. The second-order valence-corrected chi connectivity index (χ2v) is 5.01. The number of benzene rings is 1. The van der Waals surface area contributed by atoms with Crippen molar-refractivity contribution < 1.29 is 0 Å². The Morgan fingerprint density at radius 3 is 2.81 bits per heavy atom. The van der Waals surface area contributed by atoms with Crippen LogP contribution in [0.5, 0.6) is 0 Å². The maximum absolute atomic E-state index is 6.04. The molecule has 3 aromatic rings. The van der Waals surface area contributed by atoms with Crippen LogP contribution in [-0.4, -0.2) is 19.7 Å². The molecule has 0 spiro atoms. The monoisotopic (exact) mass is 319 g/mol. The predicted molar refractivity (Wildman–Crippen MR) is 82.9 cm³/mol. The highest BCUT2D eigenvalue weighted by atomic mass is 35.5. The smallest absolute Gasteiger partial charge is 0.224 e. The van der Waals surface area contributed by atoms with Crippen molar-refractivity contribution in [3.8, 4) is 5.69 Å². The van der Waals surface area contributed by atoms with E-state index >= 15 is 0 Å². The molecule has 2 heterocycles. The minimum Gasteiger partial charge on any atom is -0.365 e. The lowest BCUT2D eigenvalue weighted by Gasteiger charge is -2.11. The van der Waals surface area contributed by atoms with Crippen molar-refractivity contribution in [3.63, 3.8) is 0 Å². The average Bonchev–Trinajstić information content (AvgIpc) is 3.03. The van der Waals surface area contributed by atoms with Gasteiger partial charge in [0.1, 0.15) is 10.8 Å². The van der Waals surface area contributed by atoms with Crippen LogP contribution >= 0.6 is 23.2 Å². The van der Waals surface area contributed by atoms with Gasteiger partial charge in [-0.25, -0.2) is 9.67 Å². The van der Waals surface area contributed by atoms with E-state index in [9.17, 15) is 0 Å². The van der Waals surface area contributed by atoms with Gasteiger partial charge in [-0.2, -0.15) is 10.1 Å². The highest BCUT2D eigenvalue weighted by molar-refractivity contribution is 6.33. The first kappa shape index (κ1) is 13.9. The molecule has 0 atom stereocenters. The number of hydrogen-bond acceptors (Lipinski definition) is 4. The van der Waals surface area contributed by atoms with E-state index in [2.05, 4.69) is 20.4 Å². The van der Waals surface area contributed by atoms with Crippen LogP contribution in [-0.2, 0) is 6.54 Å². The zero-order chi connectivity index (χ0) is 14.7. The number of nitrogens with one attached hydrogen (secondary N) is 1. The number of rotatable bonds is 4. The summed E-state index contributed by atoms with van der Waals surface area (Å²) in [5.74, 6) is 0.506. The Morgan fingerprint density at radius 1 is 1.14 bits per heavy atom. The summed E-state index contributed by atoms with van der Waals surface area (Å²) >= 11 is 11.8. The van der Waals surface area contributed by atoms with Crippen molar-refractivity contribution in [3.05, 3.63) is 64.8 Å². The molecule has 1 N–H and O–H groups in total. The summed E-state index contributed by atoms with van der Waals surface area (Å²) in [5.41, 5.74) is 2.05. The molecule has 0 radical (unpaired) electrons. The summed E-state index contributed by atoms with van der Waals surface area (Å²) in [6, 6.07) is 9.83. The van der Waals surface area contributed by atoms with Gasteiger partial charge in [0.2, 0.25) is 5.28 Å². The van der Waals surface area contributed by atoms with Gasteiger partial charge in [-0.3, -0.25) is 0 Å². The summed E-state index contributed by atoms with van der Waals surface area (Å²) in [6.07, 6.45) is 5.11. The van der Waals surface area contributed by atoms with E-state index in [0.717, 1.165) is 11.3 Å². The van der Waals surface area contributed by atoms with Crippen LogP contribution < -0.4 is 5.32 Å². The van der Waals surface area contributed by atoms with Crippen molar-refractivity contribution in [2.24, 2.45) is 0 Å². The largest absolute Gasteiger partial charge is 0.365 e. The molecule has 1 aromatic carbocycles. The van der Waals surface area contributed by atoms with Crippen LogP contribution in [0.25, 0.3) is 5.69 Å². The van der Waals surface area contributed by atoms with Gasteiger partial charge in [0, 0.05) is 18.9 Å². The lowest BCUT2D eigenvalue weighted by Crippen LogP contribution is -2.07. The molecule has 21 heavy (non-hydrogen) atoms. The number of anilines is 1. The molecular weight excluding hydrogens is 309 g/mol. The molecule has 2 aromatic heterocycles. The zero-order valence-corrected chi connectivity index (χ0v) is 12.4. The van der Waals surface area contributed by atoms with Gasteiger partial charge < -0.3 is 5.32 Å². The van der Waals surface area contributed by atoms with Crippen molar-refractivity contribution in [1.82, 2.24) is 19.7 Å². The Morgan fingerprint density at radius 2 is 2.00 bits per heavy atom. The highest BCUT2D eigenvalue weighted by Gasteiger charge is 2.07. The van der Waals surface area contributed by atoms with Crippen molar-refractivity contribution in [1.29, 1.82) is 0 Å². The number of nitrogens with zero attached hydrogens (tertiary/aromatic N) is 4. The van der Waals surface area contributed by atoms with E-state index in [-0.39, 0.29) is 5.28 Å². The molecule has 106 valence electrons. The van der Waals surface area contributed by atoms with E-state index in [1.54, 1.807) is 6.20 Å². The summed E-state index contributed by atoms with van der Waals surface area (Å²) in [5, 5.41) is 8.00. The van der Waals surface area contributed by atoms with Gasteiger partial charge in [0.05, 0.1) is 11.9 Å². The third-order valence-corrected chi connectivity index (χ3v) is 3.36. The molecule has 5 nitrogen and oxygen atoms in total. The van der Waals surface area contributed by atoms with Gasteiger partial charge in [-0.1, -0.05) is 29.8 Å². The van der Waals surface area contributed by atoms with E-state index in [1.165, 1.54) is 6.20 Å². The fourth-order valence-electron chi connectivity index (χ4n) is 1.94. The summed E-state index contributed by atoms with van der Waals surface area (Å²) < 4.78 is 1.81. The first-order valence-corrected chi connectivity index (χ1v) is 6.99. The standard InChI is InChI=1S/C14H11Cl2N5/c15-11-9-18-14(16)20-13(11)17-8-10-4-1-2-5-12(10)21-7-3-6-19-21/h1-7,9H,8H2,(H,17,18,20). The van der Waals surface area contributed by atoms with Crippen molar-refractivity contribution in [2.75, 3.05) is 5.32 Å². The number of halogens is 2. The van der Waals surface area contributed by atoms with Gasteiger partial charge in [-0.15, -0.1) is 0 Å². The average molecular weight is 320 g/mol. The molecule has 0 bridgehead atoms. The molecule has 0 fully saturated rings. The maximum Gasteiger partial charge on any atom is 0.224 e. The third-order valence-electron chi connectivity index (χ3n) is 2.90. The molecule has 7 heteroatoms. The SMILES string of the molecule is Clc1ncc(Cl)c(NCc2ccccc2-n2cccn2)n1. The predicted octanol–water partition coefficient (Wildman–Crippen LogP) is 3.58. The number of para-hydroxylation sites is 1. The summed E-state index contributed by atoms with van der Waals surface area (Å²) in [6.45, 7) is 0.545. The van der Waals surface area contributed by atoms with Crippen LogP contribution in [0.15, 0.2) is 48.9 Å². The maximum atomic E-state index is 6.04. The van der Waals surface area contributed by atoms with Gasteiger partial charge in [0.15, 0.2) is 0 Å². The lowest BCUT2D eigenvalue weighted by atomic mass is 10.2. The Labute approximate surface area is 131 Å². The van der Waals surface area contributed by atoms with Crippen LogP contribution in [0, 0.1) is 0 Å². The summed E-state index contributed by atoms with van der Waals surface area (Å²) in [7, 11) is 0. The van der Waals surface area contributed by atoms with Crippen LogP contribution in [0.4, 0.5) is 5.82 Å². The van der Waals surface area contributed by atoms with Crippen molar-refractivity contribution >= 4 is 29.0 Å². The second-order valence-electron chi connectivity index (χ2n) is 4.27. The molecule has 0 aliphatic carbocycles. The topological polar surface area (TPSA) is 55.6 Å². The molecule has 0 aliphatic heterocycles. The minimum atomic E-state index is 0.155. The minimum absolute atomic E-state index is 0.155. The van der Waals surface area contributed by atoms with Gasteiger partial charge in [-0.05, 0) is 29.3 Å². The van der Waals surface area contributed by atoms with Crippen molar-refractivity contribution in [2.45, 2.75) is 6.54 Å². The summed E-state index contributed by atoms with van der Waals surface area (Å²) in [4.78, 5) is 7.89. The number of aromatic nitrogens is 4. The Kier molecular flexibility index (Phi) is 4.03. The first-order chi connectivity index (χ1) is 10.2. The lowest BCUT2D eigenvalue weighted by molar-refractivity contribution is 0.863. The van der Waals surface area contributed by atoms with Crippen LogP contribution in [0.1, 0.15) is 5.56 Å². The fourth-order valence-corrected chi connectivity index (χ4v) is 2.23. The first-order valence-electron chi connectivity index (χ1n) is 6.24. The van der Waals surface area contributed by atoms with Gasteiger partial charge in [0.25, 0.3) is 0 Å². The highest BCUT2D eigenvalue weighted by Crippen LogP contribution is 2.21. The molecule has 3 rings (SSSR count). The Hall–Kier alpha value is -2.11.